The molecule has 1 heteroatoms. The van der Waals surface area contributed by atoms with Crippen LogP contribution in [0.3, 0.4) is 0 Å². The molecular weight excluding hydrogens is 136 g/mol. The van der Waals surface area contributed by atoms with Crippen LogP contribution in [0, 0.1) is 5.41 Å². The smallest absolute Gasteiger partial charge is 0.0986 e. The van der Waals surface area contributed by atoms with Crippen molar-refractivity contribution in [3.63, 3.8) is 0 Å². The molecule has 11 heavy (non-hydrogen) atoms. The van der Waals surface area contributed by atoms with Gasteiger partial charge in [-0.25, -0.2) is 0 Å². The van der Waals surface area contributed by atoms with Crippen LogP contribution in [0.1, 0.15) is 20.8 Å². The van der Waals surface area contributed by atoms with Gasteiger partial charge < -0.3 is 4.74 Å². The molecule has 0 aromatic rings. The van der Waals surface area contributed by atoms with E-state index in [0.29, 0.717) is 0 Å². The van der Waals surface area contributed by atoms with Gasteiger partial charge in [0.1, 0.15) is 0 Å². The van der Waals surface area contributed by atoms with Crippen LogP contribution in [0.5, 0.6) is 0 Å². The Kier molecular flexibility index (Phi) is 1.28. The van der Waals surface area contributed by atoms with Crippen LogP contribution in [0.2, 0.25) is 0 Å². The molecule has 0 N–H and O–H groups in total. The summed E-state index contributed by atoms with van der Waals surface area (Å²) in [7, 11) is 0. The van der Waals surface area contributed by atoms with Crippen LogP contribution >= 0.6 is 0 Å². The van der Waals surface area contributed by atoms with Crippen molar-refractivity contribution in [1.82, 2.24) is 0 Å². The zero-order valence-electron chi connectivity index (χ0n) is 7.29. The quantitative estimate of drug-likeness (QED) is 0.481. The monoisotopic (exact) mass is 150 g/mol. The first-order valence-electron chi connectivity index (χ1n) is 4.13. The summed E-state index contributed by atoms with van der Waals surface area (Å²) in [6.45, 7) is 6.70. The minimum atomic E-state index is 0.268. The predicted molar refractivity (Wildman–Crippen MR) is 45.3 cm³/mol. The van der Waals surface area contributed by atoms with E-state index in [0.717, 1.165) is 0 Å². The van der Waals surface area contributed by atoms with Crippen LogP contribution in [0.4, 0.5) is 0 Å². The molecule has 2 rings (SSSR count). The second-order valence-corrected chi connectivity index (χ2v) is 4.28. The molecule has 0 fully saturated rings. The lowest BCUT2D eigenvalue weighted by atomic mass is 9.82. The molecular formula is C10H14O. The fraction of sp³-hybridized carbons (Fsp3) is 0.600. The van der Waals surface area contributed by atoms with Crippen molar-refractivity contribution in [2.24, 2.45) is 5.41 Å². The number of hydrogen-bond donors (Lipinski definition) is 0. The van der Waals surface area contributed by atoms with Gasteiger partial charge in [0.15, 0.2) is 0 Å². The molecule has 60 valence electrons. The fourth-order valence-corrected chi connectivity index (χ4v) is 1.69. The minimum absolute atomic E-state index is 0.268. The molecule has 0 aromatic heterocycles. The van der Waals surface area contributed by atoms with Crippen molar-refractivity contribution in [3.05, 3.63) is 23.8 Å². The maximum absolute atomic E-state index is 5.61. The fourth-order valence-electron chi connectivity index (χ4n) is 1.69. The molecule has 2 unspecified atom stereocenters. The molecule has 2 heterocycles. The van der Waals surface area contributed by atoms with E-state index in [1.165, 1.54) is 5.57 Å². The van der Waals surface area contributed by atoms with Gasteiger partial charge in [0.25, 0.3) is 0 Å². The van der Waals surface area contributed by atoms with Crippen molar-refractivity contribution in [3.8, 4) is 0 Å². The van der Waals surface area contributed by atoms with E-state index in [9.17, 15) is 0 Å². The van der Waals surface area contributed by atoms with E-state index in [4.69, 9.17) is 4.74 Å². The van der Waals surface area contributed by atoms with E-state index in [1.54, 1.807) is 0 Å². The van der Waals surface area contributed by atoms with E-state index < -0.39 is 0 Å². The molecule has 1 nitrogen and oxygen atoms in total. The highest BCUT2D eigenvalue weighted by atomic mass is 16.5. The highest BCUT2D eigenvalue weighted by molar-refractivity contribution is 5.34. The molecule has 0 aromatic carbocycles. The lowest BCUT2D eigenvalue weighted by Crippen LogP contribution is -2.17. The Bertz CT molecular complexity index is 230. The van der Waals surface area contributed by atoms with Crippen molar-refractivity contribution in [2.75, 3.05) is 0 Å². The molecule has 2 aliphatic rings. The molecule has 0 saturated heterocycles. The Morgan fingerprint density at radius 2 is 2.00 bits per heavy atom. The van der Waals surface area contributed by atoms with Crippen LogP contribution in [-0.4, -0.2) is 12.2 Å². The molecule has 0 saturated carbocycles. The summed E-state index contributed by atoms with van der Waals surface area (Å²) < 4.78 is 5.61. The lowest BCUT2D eigenvalue weighted by molar-refractivity contribution is 0.123. The Balaban J connectivity index is 2.26. The van der Waals surface area contributed by atoms with Crippen LogP contribution < -0.4 is 0 Å². The SMILES string of the molecule is CC(C)(C)C1=CC2C=CC1O2. The van der Waals surface area contributed by atoms with Gasteiger partial charge in [-0.3, -0.25) is 0 Å². The van der Waals surface area contributed by atoms with E-state index in [-0.39, 0.29) is 17.6 Å². The average Bonchev–Trinajstić information content (AvgIpc) is 2.42. The van der Waals surface area contributed by atoms with E-state index in [1.807, 2.05) is 0 Å². The average molecular weight is 150 g/mol. The van der Waals surface area contributed by atoms with Gasteiger partial charge in [0.05, 0.1) is 12.2 Å². The summed E-state index contributed by atoms with van der Waals surface area (Å²) in [6.07, 6.45) is 7.07. The van der Waals surface area contributed by atoms with Crippen molar-refractivity contribution in [1.29, 1.82) is 0 Å². The molecule has 0 radical (unpaired) electrons. The van der Waals surface area contributed by atoms with Gasteiger partial charge in [-0.1, -0.05) is 32.9 Å². The van der Waals surface area contributed by atoms with E-state index in [2.05, 4.69) is 39.0 Å². The largest absolute Gasteiger partial charge is 0.358 e. The summed E-state index contributed by atoms with van der Waals surface area (Å²) >= 11 is 0. The standard InChI is InChI=1S/C10H14O/c1-10(2,3)8-6-7-4-5-9(8)11-7/h4-7,9H,1-3H3. The Labute approximate surface area is 67.7 Å². The zero-order valence-corrected chi connectivity index (χ0v) is 7.29. The molecule has 2 aliphatic heterocycles. The minimum Gasteiger partial charge on any atom is -0.358 e. The first-order chi connectivity index (χ1) is 5.07. The number of fused-ring (bicyclic) bond motifs is 2. The molecule has 2 atom stereocenters. The lowest BCUT2D eigenvalue weighted by Gasteiger charge is -2.23. The number of hydrogen-bond acceptors (Lipinski definition) is 1. The topological polar surface area (TPSA) is 9.23 Å². The third-order valence-electron chi connectivity index (χ3n) is 2.30. The first-order valence-corrected chi connectivity index (χ1v) is 4.13. The first kappa shape index (κ1) is 7.11. The normalized spacial score (nSPS) is 34.6. The molecule has 0 amide bonds. The van der Waals surface area contributed by atoms with Crippen LogP contribution in [0.15, 0.2) is 23.8 Å². The Hall–Kier alpha value is -0.560. The zero-order chi connectivity index (χ0) is 8.06. The summed E-state index contributed by atoms with van der Waals surface area (Å²) in [6, 6.07) is 0. The summed E-state index contributed by atoms with van der Waals surface area (Å²) in [4.78, 5) is 0. The van der Waals surface area contributed by atoms with Gasteiger partial charge in [0, 0.05) is 0 Å². The van der Waals surface area contributed by atoms with Crippen molar-refractivity contribution in [2.45, 2.75) is 33.0 Å². The van der Waals surface area contributed by atoms with Gasteiger partial charge >= 0.3 is 0 Å². The van der Waals surface area contributed by atoms with Crippen LogP contribution in [0.25, 0.3) is 0 Å². The Morgan fingerprint density at radius 3 is 2.27 bits per heavy atom. The van der Waals surface area contributed by atoms with Crippen LogP contribution in [-0.2, 0) is 4.74 Å². The Morgan fingerprint density at radius 1 is 1.27 bits per heavy atom. The molecule has 0 spiro atoms. The maximum atomic E-state index is 5.61. The van der Waals surface area contributed by atoms with Crippen molar-refractivity contribution >= 4 is 0 Å². The summed E-state index contributed by atoms with van der Waals surface area (Å²) in [5, 5.41) is 0. The summed E-state index contributed by atoms with van der Waals surface area (Å²) in [5.74, 6) is 0. The van der Waals surface area contributed by atoms with E-state index >= 15 is 0 Å². The highest BCUT2D eigenvalue weighted by Crippen LogP contribution is 2.38. The third-order valence-corrected chi connectivity index (χ3v) is 2.30. The molecule has 2 bridgehead atoms. The number of rotatable bonds is 0. The second-order valence-electron chi connectivity index (χ2n) is 4.28. The predicted octanol–water partition coefficient (Wildman–Crippen LogP) is 2.30. The second kappa shape index (κ2) is 1.98. The summed E-state index contributed by atoms with van der Waals surface area (Å²) in [5.41, 5.74) is 1.70. The number of ether oxygens (including phenoxy) is 1. The highest BCUT2D eigenvalue weighted by Gasteiger charge is 2.34. The van der Waals surface area contributed by atoms with Crippen molar-refractivity contribution < 1.29 is 4.74 Å². The maximum Gasteiger partial charge on any atom is 0.0986 e. The van der Waals surface area contributed by atoms with Gasteiger partial charge in [-0.05, 0) is 17.1 Å². The van der Waals surface area contributed by atoms with Gasteiger partial charge in [-0.2, -0.15) is 0 Å². The van der Waals surface area contributed by atoms with Gasteiger partial charge in [-0.15, -0.1) is 0 Å². The third kappa shape index (κ3) is 1.04. The molecule has 0 aliphatic carbocycles. The van der Waals surface area contributed by atoms with Gasteiger partial charge in [0.2, 0.25) is 0 Å².